The van der Waals surface area contributed by atoms with Crippen LogP contribution in [0.5, 0.6) is 17.2 Å². The number of phenols is 1. The van der Waals surface area contributed by atoms with E-state index in [1.54, 1.807) is 0 Å². The topological polar surface area (TPSA) is 38.7 Å². The summed E-state index contributed by atoms with van der Waals surface area (Å²) in [6.07, 6.45) is 0. The van der Waals surface area contributed by atoms with Crippen molar-refractivity contribution in [2.24, 2.45) is 0 Å². The third kappa shape index (κ3) is 1.37. The molecule has 0 atom stereocenters. The summed E-state index contributed by atoms with van der Waals surface area (Å²) in [4.78, 5) is 0. The van der Waals surface area contributed by atoms with Crippen molar-refractivity contribution in [2.45, 2.75) is 0 Å². The van der Waals surface area contributed by atoms with Gasteiger partial charge in [-0.05, 0) is 12.1 Å². The van der Waals surface area contributed by atoms with E-state index in [-0.39, 0.29) is 11.5 Å². The summed E-state index contributed by atoms with van der Waals surface area (Å²) >= 11 is 0. The second-order valence-corrected chi connectivity index (χ2v) is 1.81. The van der Waals surface area contributed by atoms with E-state index >= 15 is 0 Å². The molecule has 0 spiro atoms. The first-order valence-corrected chi connectivity index (χ1v) is 2.78. The summed E-state index contributed by atoms with van der Waals surface area (Å²) in [5.74, 6) is -1.40. The Morgan fingerprint density at radius 1 is 1.27 bits per heavy atom. The van der Waals surface area contributed by atoms with Crippen LogP contribution in [0.4, 0.5) is 0 Å². The van der Waals surface area contributed by atoms with Gasteiger partial charge in [-0.1, -0.05) is 6.07 Å². The van der Waals surface area contributed by atoms with E-state index in [0.29, 0.717) is 0 Å². The largest absolute Gasteiger partial charge is 0.502 e. The molecule has 1 aromatic carbocycles. The lowest BCUT2D eigenvalue weighted by Gasteiger charge is -2.06. The maximum Gasteiger partial charge on any atom is 0.200 e. The van der Waals surface area contributed by atoms with Gasteiger partial charge in [-0.3, -0.25) is 0 Å². The Kier molecular flexibility index (Phi) is 0.837. The van der Waals surface area contributed by atoms with Crippen molar-refractivity contribution in [3.63, 3.8) is 0 Å². The number of benzene rings is 1. The molecule has 0 saturated carbocycles. The molecule has 1 aromatic rings. The lowest BCUT2D eigenvalue weighted by molar-refractivity contribution is 0.340. The highest BCUT2D eigenvalue weighted by atomic mass is 16.5. The van der Waals surface area contributed by atoms with E-state index < -0.39 is 19.8 Å². The zero-order valence-corrected chi connectivity index (χ0v) is 5.50. The lowest BCUT2D eigenvalue weighted by atomic mass is 10.3. The first-order chi connectivity index (χ1) is 7.58. The molecule has 0 aliphatic heterocycles. The molecule has 3 nitrogen and oxygen atoms in total. The third-order valence-electron chi connectivity index (χ3n) is 1.18. The van der Waals surface area contributed by atoms with Crippen molar-refractivity contribution in [2.75, 3.05) is 14.1 Å². The van der Waals surface area contributed by atoms with Crippen LogP contribution in [0.3, 0.4) is 0 Å². The molecule has 1 rings (SSSR count). The molecule has 0 unspecified atom stereocenters. The number of para-hydroxylation sites is 1. The Balaban J connectivity index is 3.00. The highest BCUT2D eigenvalue weighted by molar-refractivity contribution is 5.49. The van der Waals surface area contributed by atoms with Gasteiger partial charge in [0, 0.05) is 0 Å². The molecule has 0 aliphatic carbocycles. The van der Waals surface area contributed by atoms with Crippen LogP contribution in [-0.2, 0) is 0 Å². The first kappa shape index (κ1) is 2.93. The fourth-order valence-electron chi connectivity index (χ4n) is 0.667. The van der Waals surface area contributed by atoms with Crippen LogP contribution in [0, 0.1) is 0 Å². The van der Waals surface area contributed by atoms with E-state index in [0.717, 1.165) is 0 Å². The van der Waals surface area contributed by atoms with Gasteiger partial charge < -0.3 is 14.6 Å². The van der Waals surface area contributed by atoms with E-state index in [9.17, 15) is 5.11 Å². The van der Waals surface area contributed by atoms with Gasteiger partial charge in [-0.2, -0.15) is 0 Å². The van der Waals surface area contributed by atoms with Gasteiger partial charge in [0.2, 0.25) is 5.75 Å². The number of phenolic OH excluding ortho intramolecular Hbond substituents is 1. The molecule has 0 bridgehead atoms. The number of aromatic hydroxyl groups is 1. The quantitative estimate of drug-likeness (QED) is 0.710. The summed E-state index contributed by atoms with van der Waals surface area (Å²) in [6, 6.07) is 3.68. The van der Waals surface area contributed by atoms with Crippen molar-refractivity contribution in [3.8, 4) is 17.2 Å². The molecule has 0 fully saturated rings. The Hall–Kier alpha value is -1.38. The minimum absolute atomic E-state index is 0.369. The van der Waals surface area contributed by atoms with E-state index in [2.05, 4.69) is 9.47 Å². The van der Waals surface area contributed by atoms with Gasteiger partial charge in [0.05, 0.1) is 22.3 Å². The summed E-state index contributed by atoms with van der Waals surface area (Å²) in [6.45, 7) is 0. The molecule has 1 N–H and O–H groups in total. The molecule has 0 heterocycles. The average molecular weight is 160 g/mol. The number of hydrogen-bond donors (Lipinski definition) is 1. The minimum Gasteiger partial charge on any atom is -0.502 e. The summed E-state index contributed by atoms with van der Waals surface area (Å²) in [7, 11) is -5.48. The normalized spacial score (nSPS) is 19.6. The maximum atomic E-state index is 9.57. The monoisotopic (exact) mass is 160 g/mol. The molecule has 0 saturated heterocycles. The number of ether oxygens (including phenoxy) is 2. The Morgan fingerprint density at radius 3 is 2.27 bits per heavy atom. The number of hydrogen-bond acceptors (Lipinski definition) is 3. The second kappa shape index (κ2) is 3.14. The van der Waals surface area contributed by atoms with Crippen LogP contribution in [0.15, 0.2) is 18.2 Å². The van der Waals surface area contributed by atoms with Crippen LogP contribution in [0.2, 0.25) is 0 Å². The molecule has 11 heavy (non-hydrogen) atoms. The summed E-state index contributed by atoms with van der Waals surface area (Å²) in [5.41, 5.74) is 0. The van der Waals surface area contributed by atoms with Gasteiger partial charge in [0.25, 0.3) is 0 Å². The molecular weight excluding hydrogens is 144 g/mol. The van der Waals surface area contributed by atoms with E-state index in [1.165, 1.54) is 18.2 Å². The zero-order chi connectivity index (χ0) is 13.3. The standard InChI is InChI=1S/C8H10O3/c1-10-6-4-3-5-7(11-2)8(6)9/h3-5,9H,1-2H3/i1D3,2D3. The molecule has 0 aromatic heterocycles. The minimum atomic E-state index is -2.74. The first-order valence-electron chi connectivity index (χ1n) is 5.78. The van der Waals surface area contributed by atoms with Crippen LogP contribution in [-0.4, -0.2) is 19.2 Å². The Bertz CT molecular complexity index is 363. The van der Waals surface area contributed by atoms with Gasteiger partial charge in [0.15, 0.2) is 11.5 Å². The summed E-state index contributed by atoms with van der Waals surface area (Å²) < 4.78 is 50.1. The van der Waals surface area contributed by atoms with Crippen LogP contribution in [0.25, 0.3) is 0 Å². The molecular formula is C8H10O3. The molecule has 0 radical (unpaired) electrons. The van der Waals surface area contributed by atoms with Crippen molar-refractivity contribution in [3.05, 3.63) is 18.2 Å². The van der Waals surface area contributed by atoms with E-state index in [1.807, 2.05) is 0 Å². The van der Waals surface area contributed by atoms with Crippen molar-refractivity contribution in [1.82, 2.24) is 0 Å². The van der Waals surface area contributed by atoms with Crippen molar-refractivity contribution in [1.29, 1.82) is 0 Å². The lowest BCUT2D eigenvalue weighted by Crippen LogP contribution is -1.87. The fourth-order valence-corrected chi connectivity index (χ4v) is 0.667. The van der Waals surface area contributed by atoms with E-state index in [4.69, 9.17) is 8.22 Å². The SMILES string of the molecule is [2H]C([2H])([2H])Oc1cccc(OC([2H])([2H])[2H])c1O. The smallest absolute Gasteiger partial charge is 0.200 e. The number of rotatable bonds is 2. The molecule has 0 amide bonds. The fraction of sp³-hybridized carbons (Fsp3) is 0.250. The highest BCUT2D eigenvalue weighted by Crippen LogP contribution is 2.34. The number of methoxy groups -OCH3 is 2. The Morgan fingerprint density at radius 2 is 1.82 bits per heavy atom. The molecule has 60 valence electrons. The summed E-state index contributed by atoms with van der Waals surface area (Å²) in [5, 5.41) is 9.57. The van der Waals surface area contributed by atoms with Gasteiger partial charge in [0.1, 0.15) is 0 Å². The molecule has 0 aliphatic rings. The van der Waals surface area contributed by atoms with Crippen LogP contribution >= 0.6 is 0 Å². The average Bonchev–Trinajstić information content (AvgIpc) is 2.07. The van der Waals surface area contributed by atoms with Crippen LogP contribution < -0.4 is 9.47 Å². The predicted octanol–water partition coefficient (Wildman–Crippen LogP) is 1.41. The Labute approximate surface area is 73.6 Å². The predicted molar refractivity (Wildman–Crippen MR) is 41.2 cm³/mol. The van der Waals surface area contributed by atoms with Gasteiger partial charge >= 0.3 is 0 Å². The van der Waals surface area contributed by atoms with Gasteiger partial charge in [-0.25, -0.2) is 0 Å². The highest BCUT2D eigenvalue weighted by Gasteiger charge is 2.05. The maximum absolute atomic E-state index is 9.57. The van der Waals surface area contributed by atoms with Crippen molar-refractivity contribution >= 4 is 0 Å². The second-order valence-electron chi connectivity index (χ2n) is 1.81. The van der Waals surface area contributed by atoms with Gasteiger partial charge in [-0.15, -0.1) is 0 Å². The van der Waals surface area contributed by atoms with Crippen LogP contribution in [0.1, 0.15) is 8.22 Å². The van der Waals surface area contributed by atoms with Crippen molar-refractivity contribution < 1.29 is 22.8 Å². The third-order valence-corrected chi connectivity index (χ3v) is 1.18. The zero-order valence-electron chi connectivity index (χ0n) is 11.5. The molecule has 3 heteroatoms.